The number of halogens is 1. The molecule has 7 nitrogen and oxygen atoms in total. The van der Waals surface area contributed by atoms with Crippen molar-refractivity contribution in [3.8, 4) is 0 Å². The lowest BCUT2D eigenvalue weighted by Gasteiger charge is -2.32. The largest absolute Gasteiger partial charge is 0.354 e. The molecule has 0 aliphatic rings. The molecule has 0 amide bonds. The van der Waals surface area contributed by atoms with Crippen molar-refractivity contribution in [3.05, 3.63) is 48.0 Å². The molecular formula is C19H32IN7. The Morgan fingerprint density at radius 3 is 2.52 bits per heavy atom. The Morgan fingerprint density at radius 1 is 1.30 bits per heavy atom. The van der Waals surface area contributed by atoms with E-state index in [-0.39, 0.29) is 35.6 Å². The van der Waals surface area contributed by atoms with Crippen LogP contribution in [0, 0.1) is 0 Å². The van der Waals surface area contributed by atoms with Crippen molar-refractivity contribution in [2.75, 3.05) is 20.6 Å². The van der Waals surface area contributed by atoms with Crippen molar-refractivity contribution in [2.24, 2.45) is 12.0 Å². The molecule has 1 aromatic heterocycles. The molecule has 0 saturated carbocycles. The second-order valence-corrected chi connectivity index (χ2v) is 7.22. The number of rotatable bonds is 7. The summed E-state index contributed by atoms with van der Waals surface area (Å²) in [6.45, 7) is 7.96. The minimum absolute atomic E-state index is 0. The Morgan fingerprint density at radius 2 is 1.96 bits per heavy atom. The van der Waals surface area contributed by atoms with Gasteiger partial charge in [-0.05, 0) is 26.3 Å². The number of hydrogen-bond donors (Lipinski definition) is 2. The van der Waals surface area contributed by atoms with Crippen LogP contribution in [-0.4, -0.2) is 51.8 Å². The predicted molar refractivity (Wildman–Crippen MR) is 121 cm³/mol. The number of benzene rings is 1. The summed E-state index contributed by atoms with van der Waals surface area (Å²) >= 11 is 0. The molecule has 2 N–H and O–H groups in total. The van der Waals surface area contributed by atoms with E-state index in [0.29, 0.717) is 6.54 Å². The zero-order valence-electron chi connectivity index (χ0n) is 17.1. The Bertz CT molecular complexity index is 712. The van der Waals surface area contributed by atoms with E-state index in [1.807, 2.05) is 25.1 Å². The van der Waals surface area contributed by atoms with Gasteiger partial charge < -0.3 is 15.5 Å². The van der Waals surface area contributed by atoms with Gasteiger partial charge in [-0.25, -0.2) is 4.98 Å². The molecule has 0 bridgehead atoms. The maximum Gasteiger partial charge on any atom is 0.193 e. The molecule has 1 atom stereocenters. The van der Waals surface area contributed by atoms with Crippen LogP contribution in [0.5, 0.6) is 0 Å². The van der Waals surface area contributed by atoms with Gasteiger partial charge in [-0.3, -0.25) is 9.67 Å². The Hall–Kier alpha value is -1.68. The first-order valence-corrected chi connectivity index (χ1v) is 8.89. The minimum atomic E-state index is -0.100. The van der Waals surface area contributed by atoms with Crippen molar-refractivity contribution in [3.63, 3.8) is 0 Å². The van der Waals surface area contributed by atoms with E-state index in [2.05, 4.69) is 70.7 Å². The average molecular weight is 485 g/mol. The first-order valence-electron chi connectivity index (χ1n) is 8.89. The standard InChI is InChI=1S/C19H31N7.HI/c1-15(16-10-8-7-9-11-16)24-19(2,3)13-21-18(20-4)25(5)12-17-22-14-23-26(17)6;/h7-11,14-15,24H,12-13H2,1-6H3,(H,20,21);1H. The number of nitrogens with one attached hydrogen (secondary N) is 2. The zero-order chi connectivity index (χ0) is 19.2. The molecule has 150 valence electrons. The van der Waals surface area contributed by atoms with E-state index in [1.165, 1.54) is 5.56 Å². The van der Waals surface area contributed by atoms with Crippen LogP contribution in [0.2, 0.25) is 0 Å². The molecule has 0 spiro atoms. The highest BCUT2D eigenvalue weighted by molar-refractivity contribution is 14.0. The molecule has 1 heterocycles. The van der Waals surface area contributed by atoms with Gasteiger partial charge in [0, 0.05) is 39.3 Å². The molecule has 0 aliphatic heterocycles. The molecule has 0 saturated heterocycles. The van der Waals surface area contributed by atoms with Gasteiger partial charge in [-0.15, -0.1) is 24.0 Å². The van der Waals surface area contributed by atoms with Gasteiger partial charge in [-0.2, -0.15) is 5.10 Å². The number of nitrogens with zero attached hydrogens (tertiary/aromatic N) is 5. The molecule has 0 aliphatic carbocycles. The van der Waals surface area contributed by atoms with E-state index in [1.54, 1.807) is 18.1 Å². The van der Waals surface area contributed by atoms with Crippen LogP contribution in [0.4, 0.5) is 0 Å². The van der Waals surface area contributed by atoms with Crippen LogP contribution in [0.3, 0.4) is 0 Å². The zero-order valence-corrected chi connectivity index (χ0v) is 19.4. The van der Waals surface area contributed by atoms with Crippen molar-refractivity contribution in [2.45, 2.75) is 38.9 Å². The Labute approximate surface area is 179 Å². The van der Waals surface area contributed by atoms with E-state index < -0.39 is 0 Å². The highest BCUT2D eigenvalue weighted by Crippen LogP contribution is 2.15. The van der Waals surface area contributed by atoms with Gasteiger partial charge in [0.05, 0.1) is 6.54 Å². The van der Waals surface area contributed by atoms with Crippen LogP contribution >= 0.6 is 24.0 Å². The second-order valence-electron chi connectivity index (χ2n) is 7.22. The van der Waals surface area contributed by atoms with Crippen LogP contribution in [0.15, 0.2) is 41.7 Å². The van der Waals surface area contributed by atoms with Gasteiger partial charge in [-0.1, -0.05) is 30.3 Å². The summed E-state index contributed by atoms with van der Waals surface area (Å²) < 4.78 is 1.77. The summed E-state index contributed by atoms with van der Waals surface area (Å²) in [4.78, 5) is 10.7. The summed E-state index contributed by atoms with van der Waals surface area (Å²) in [5.41, 5.74) is 1.18. The molecule has 1 aromatic carbocycles. The number of aromatic nitrogens is 3. The van der Waals surface area contributed by atoms with Crippen molar-refractivity contribution < 1.29 is 0 Å². The monoisotopic (exact) mass is 485 g/mol. The summed E-state index contributed by atoms with van der Waals surface area (Å²) in [5, 5.41) is 11.2. The summed E-state index contributed by atoms with van der Waals surface area (Å²) in [5.74, 6) is 1.72. The molecule has 27 heavy (non-hydrogen) atoms. The highest BCUT2D eigenvalue weighted by Gasteiger charge is 2.22. The summed E-state index contributed by atoms with van der Waals surface area (Å²) in [6.07, 6.45) is 1.57. The molecule has 8 heteroatoms. The lowest BCUT2D eigenvalue weighted by Crippen LogP contribution is -2.52. The molecule has 0 radical (unpaired) electrons. The summed E-state index contributed by atoms with van der Waals surface area (Å²) in [6, 6.07) is 10.7. The van der Waals surface area contributed by atoms with Gasteiger partial charge in [0.25, 0.3) is 0 Å². The van der Waals surface area contributed by atoms with E-state index in [0.717, 1.165) is 18.3 Å². The van der Waals surface area contributed by atoms with E-state index in [9.17, 15) is 0 Å². The highest BCUT2D eigenvalue weighted by atomic mass is 127. The third kappa shape index (κ3) is 7.10. The third-order valence-electron chi connectivity index (χ3n) is 4.35. The lowest BCUT2D eigenvalue weighted by molar-refractivity contribution is 0.338. The first-order chi connectivity index (χ1) is 12.3. The number of hydrogen-bond acceptors (Lipinski definition) is 4. The third-order valence-corrected chi connectivity index (χ3v) is 4.35. The Balaban J connectivity index is 0.00000364. The normalized spacial score (nSPS) is 13.0. The fourth-order valence-corrected chi connectivity index (χ4v) is 2.90. The lowest BCUT2D eigenvalue weighted by atomic mass is 10.0. The predicted octanol–water partition coefficient (Wildman–Crippen LogP) is 2.57. The van der Waals surface area contributed by atoms with Crippen LogP contribution in [0.25, 0.3) is 0 Å². The van der Waals surface area contributed by atoms with Gasteiger partial charge >= 0.3 is 0 Å². The fourth-order valence-electron chi connectivity index (χ4n) is 2.90. The van der Waals surface area contributed by atoms with Gasteiger partial charge in [0.15, 0.2) is 5.96 Å². The SMILES string of the molecule is CN=C(NCC(C)(C)NC(C)c1ccccc1)N(C)Cc1ncnn1C.I. The quantitative estimate of drug-likeness (QED) is 0.359. The molecule has 2 rings (SSSR count). The number of aryl methyl sites for hydroxylation is 1. The van der Waals surface area contributed by atoms with Crippen molar-refractivity contribution in [1.82, 2.24) is 30.3 Å². The first kappa shape index (κ1) is 23.4. The Kier molecular flexibility index (Phi) is 9.17. The average Bonchev–Trinajstić information content (AvgIpc) is 3.00. The molecular weight excluding hydrogens is 453 g/mol. The molecule has 0 fully saturated rings. The van der Waals surface area contributed by atoms with Crippen LogP contribution in [-0.2, 0) is 13.6 Å². The topological polar surface area (TPSA) is 70.4 Å². The van der Waals surface area contributed by atoms with Crippen molar-refractivity contribution in [1.29, 1.82) is 0 Å². The minimum Gasteiger partial charge on any atom is -0.354 e. The molecule has 2 aromatic rings. The second kappa shape index (κ2) is 10.6. The summed E-state index contributed by atoms with van der Waals surface area (Å²) in [7, 11) is 5.68. The number of aliphatic imine (C=N–C) groups is 1. The fraction of sp³-hybridized carbons (Fsp3) is 0.526. The van der Waals surface area contributed by atoms with E-state index in [4.69, 9.17) is 0 Å². The maximum absolute atomic E-state index is 4.38. The van der Waals surface area contributed by atoms with Gasteiger partial charge in [0.1, 0.15) is 12.2 Å². The van der Waals surface area contributed by atoms with Gasteiger partial charge in [0.2, 0.25) is 0 Å². The van der Waals surface area contributed by atoms with E-state index >= 15 is 0 Å². The van der Waals surface area contributed by atoms with Crippen LogP contribution < -0.4 is 10.6 Å². The van der Waals surface area contributed by atoms with Crippen LogP contribution in [0.1, 0.15) is 38.2 Å². The molecule has 1 unspecified atom stereocenters. The maximum atomic E-state index is 4.38. The number of guanidine groups is 1. The van der Waals surface area contributed by atoms with Crippen molar-refractivity contribution >= 4 is 29.9 Å². The smallest absolute Gasteiger partial charge is 0.193 e.